The van der Waals surface area contributed by atoms with Gasteiger partial charge in [0.25, 0.3) is 4.69 Å². The highest BCUT2D eigenvalue weighted by Gasteiger charge is 2.57. The summed E-state index contributed by atoms with van der Waals surface area (Å²) in [7, 11) is -1.43. The lowest BCUT2D eigenvalue weighted by molar-refractivity contribution is 0.842. The van der Waals surface area contributed by atoms with E-state index in [0.717, 1.165) is 0 Å². The number of hydrogen-bond donors (Lipinski definition) is 0. The van der Waals surface area contributed by atoms with Gasteiger partial charge in [0, 0.05) is 28.0 Å². The van der Waals surface area contributed by atoms with E-state index < -0.39 is 21.3 Å². The van der Waals surface area contributed by atoms with Gasteiger partial charge in [-0.05, 0) is 19.3 Å². The van der Waals surface area contributed by atoms with E-state index in [4.69, 9.17) is 46.4 Å². The molecule has 0 heterocycles. The number of alkyl halides is 4. The first-order valence-electron chi connectivity index (χ1n) is 8.09. The zero-order valence-electron chi connectivity index (χ0n) is 13.4. The van der Waals surface area contributed by atoms with E-state index in [2.05, 4.69) is 36.5 Å². The largest absolute Gasteiger partial charge is 0.296 e. The zero-order chi connectivity index (χ0) is 16.5. The maximum atomic E-state index is 6.41. The molecular formula is C14H29BBrCl4P. The predicted octanol–water partition coefficient (Wildman–Crippen LogP) is 7.93. The van der Waals surface area contributed by atoms with Crippen LogP contribution >= 0.6 is 69.3 Å². The Morgan fingerprint density at radius 2 is 1.05 bits per heavy atom. The number of unbranched alkanes of at least 4 members (excludes halogenated alkanes) is 3. The van der Waals surface area contributed by atoms with Crippen molar-refractivity contribution in [3.8, 4) is 0 Å². The lowest BCUT2D eigenvalue weighted by Gasteiger charge is -2.50. The topological polar surface area (TPSA) is 0 Å². The third-order valence-electron chi connectivity index (χ3n) is 4.42. The van der Waals surface area contributed by atoms with Crippen LogP contribution in [0.5, 0.6) is 0 Å². The minimum Gasteiger partial charge on any atom is -0.296 e. The standard InChI is InChI=1S/C14H29BBrCl4P/c1-4-7-10-21(11-8-5-2,12-9-6-3)15(16,13(17)18)14(19)20/h13-14H,4-12H2,1-3H3. The summed E-state index contributed by atoms with van der Waals surface area (Å²) < 4.78 is -2.39. The number of hydrogen-bond acceptors (Lipinski definition) is 0. The Morgan fingerprint density at radius 1 is 0.762 bits per heavy atom. The molecule has 0 radical (unpaired) electrons. The number of halogens is 5. The smallest absolute Gasteiger partial charge is 0.288 e. The van der Waals surface area contributed by atoms with Crippen LogP contribution in [-0.4, -0.2) is 32.6 Å². The normalized spacial score (nSPS) is 13.4. The molecule has 0 rings (SSSR count). The molecule has 0 spiro atoms. The Morgan fingerprint density at radius 3 is 1.24 bits per heavy atom. The third kappa shape index (κ3) is 6.17. The van der Waals surface area contributed by atoms with Gasteiger partial charge >= 0.3 is 0 Å². The molecule has 21 heavy (non-hydrogen) atoms. The fourth-order valence-electron chi connectivity index (χ4n) is 2.94. The second kappa shape index (κ2) is 11.6. The van der Waals surface area contributed by atoms with E-state index in [-0.39, 0.29) is 0 Å². The Kier molecular flexibility index (Phi) is 12.8. The highest BCUT2D eigenvalue weighted by Crippen LogP contribution is 2.73. The van der Waals surface area contributed by atoms with Crippen LogP contribution < -0.4 is 0 Å². The van der Waals surface area contributed by atoms with Gasteiger partial charge in [-0.25, -0.2) is 0 Å². The molecule has 0 saturated heterocycles. The van der Waals surface area contributed by atoms with Crippen molar-refractivity contribution in [1.82, 2.24) is 0 Å². The minimum absolute atomic E-state index is 0.524. The first kappa shape index (κ1) is 23.1. The molecule has 0 unspecified atom stereocenters. The molecule has 0 amide bonds. The van der Waals surface area contributed by atoms with Crippen molar-refractivity contribution in [3.63, 3.8) is 0 Å². The van der Waals surface area contributed by atoms with Crippen LogP contribution in [0.1, 0.15) is 59.3 Å². The lowest BCUT2D eigenvalue weighted by atomic mass is 9.81. The summed E-state index contributed by atoms with van der Waals surface area (Å²) >= 11 is 29.5. The molecule has 128 valence electrons. The molecule has 0 aliphatic heterocycles. The van der Waals surface area contributed by atoms with Gasteiger partial charge in [0.1, 0.15) is 0 Å². The van der Waals surface area contributed by atoms with Crippen molar-refractivity contribution < 1.29 is 0 Å². The third-order valence-corrected chi connectivity index (χ3v) is 17.5. The second-order valence-corrected chi connectivity index (χ2v) is 15.1. The Balaban J connectivity index is 5.63. The van der Waals surface area contributed by atoms with Gasteiger partial charge in [-0.1, -0.05) is 40.0 Å². The summed E-state index contributed by atoms with van der Waals surface area (Å²) in [6.07, 6.45) is 10.8. The maximum absolute atomic E-state index is 6.41. The Labute approximate surface area is 160 Å². The van der Waals surface area contributed by atoms with Crippen LogP contribution in [0.4, 0.5) is 0 Å². The van der Waals surface area contributed by atoms with Crippen molar-refractivity contribution in [2.24, 2.45) is 0 Å². The summed E-state index contributed by atoms with van der Waals surface area (Å²) in [6, 6.07) is 0. The van der Waals surface area contributed by atoms with Gasteiger partial charge in [-0.15, -0.1) is 53.5 Å². The highest BCUT2D eigenvalue weighted by atomic mass is 79.9. The fourth-order valence-corrected chi connectivity index (χ4v) is 14.2. The van der Waals surface area contributed by atoms with Gasteiger partial charge in [0.2, 0.25) is 0 Å². The van der Waals surface area contributed by atoms with E-state index in [1.165, 1.54) is 57.0 Å². The molecule has 0 aromatic rings. The van der Waals surface area contributed by atoms with E-state index in [9.17, 15) is 0 Å². The van der Waals surface area contributed by atoms with E-state index in [1.807, 2.05) is 0 Å². The van der Waals surface area contributed by atoms with Crippen molar-refractivity contribution in [1.29, 1.82) is 0 Å². The van der Waals surface area contributed by atoms with Crippen molar-refractivity contribution in [2.75, 3.05) is 18.5 Å². The summed E-state index contributed by atoms with van der Waals surface area (Å²) in [4.78, 5) is 0. The van der Waals surface area contributed by atoms with Gasteiger partial charge in [-0.2, -0.15) is 0 Å². The molecule has 0 aliphatic rings. The molecular weight excluding hydrogens is 432 g/mol. The van der Waals surface area contributed by atoms with E-state index >= 15 is 0 Å². The molecule has 0 aromatic heterocycles. The predicted molar refractivity (Wildman–Crippen MR) is 112 cm³/mol. The molecule has 0 nitrogen and oxygen atoms in total. The number of rotatable bonds is 12. The van der Waals surface area contributed by atoms with E-state index in [0.29, 0.717) is 0 Å². The van der Waals surface area contributed by atoms with Crippen LogP contribution in [0.3, 0.4) is 0 Å². The average molecular weight is 461 g/mol. The van der Waals surface area contributed by atoms with Gasteiger partial charge in [-0.3, -0.25) is 15.8 Å². The Hall–Kier alpha value is 2.13. The molecule has 0 N–H and O–H groups in total. The quantitative estimate of drug-likeness (QED) is 0.157. The highest BCUT2D eigenvalue weighted by molar-refractivity contribution is 9.30. The summed E-state index contributed by atoms with van der Waals surface area (Å²) in [5, 5.41) is 0. The fraction of sp³-hybridized carbons (Fsp3) is 1.00. The molecule has 0 fully saturated rings. The molecule has 7 heteroatoms. The first-order valence-corrected chi connectivity index (χ1v) is 13.2. The van der Waals surface area contributed by atoms with Gasteiger partial charge < -0.3 is 0 Å². The van der Waals surface area contributed by atoms with Crippen LogP contribution in [-0.2, 0) is 0 Å². The first-order chi connectivity index (χ1) is 9.82. The maximum Gasteiger partial charge on any atom is 0.288 e. The average Bonchev–Trinajstić information content (AvgIpc) is 2.45. The van der Waals surface area contributed by atoms with Crippen LogP contribution in [0.2, 0.25) is 0 Å². The molecule has 0 atom stereocenters. The molecule has 0 bridgehead atoms. The lowest BCUT2D eigenvalue weighted by Crippen LogP contribution is -2.48. The Bertz CT molecular complexity index is 250. The SMILES string of the molecule is CCCC[P+](CCCC)(CCCC)[B-](Br)(C(Cl)Cl)C(Cl)Cl. The summed E-state index contributed by atoms with van der Waals surface area (Å²) in [5.41, 5.74) is 0. The van der Waals surface area contributed by atoms with Crippen LogP contribution in [0.25, 0.3) is 0 Å². The monoisotopic (exact) mass is 458 g/mol. The minimum atomic E-state index is -1.43. The molecule has 0 saturated carbocycles. The van der Waals surface area contributed by atoms with Crippen LogP contribution in [0, 0.1) is 0 Å². The van der Waals surface area contributed by atoms with Crippen molar-refractivity contribution in [2.45, 2.75) is 68.8 Å². The summed E-state index contributed by atoms with van der Waals surface area (Å²) in [5.74, 6) is 0. The van der Waals surface area contributed by atoms with Crippen molar-refractivity contribution in [3.05, 3.63) is 0 Å². The van der Waals surface area contributed by atoms with Gasteiger partial charge in [0.15, 0.2) is 0 Å². The summed E-state index contributed by atoms with van der Waals surface area (Å²) in [6.45, 7) is 6.69. The van der Waals surface area contributed by atoms with Crippen LogP contribution in [0.15, 0.2) is 0 Å². The van der Waals surface area contributed by atoms with Gasteiger partial charge in [0.05, 0.1) is 0 Å². The molecule has 0 aliphatic carbocycles. The molecule has 0 aromatic carbocycles. The van der Waals surface area contributed by atoms with E-state index in [1.54, 1.807) is 0 Å². The second-order valence-electron chi connectivity index (χ2n) is 5.96. The zero-order valence-corrected chi connectivity index (χ0v) is 18.9. The van der Waals surface area contributed by atoms with Crippen molar-refractivity contribution >= 4 is 74.0 Å².